The van der Waals surface area contributed by atoms with Crippen LogP contribution in [0.1, 0.15) is 58.3 Å². The third-order valence-corrected chi connectivity index (χ3v) is 6.19. The second-order valence-electron chi connectivity index (χ2n) is 7.34. The molecule has 0 aliphatic heterocycles. The molecule has 6 atom stereocenters. The van der Waals surface area contributed by atoms with Gasteiger partial charge in [-0.2, -0.15) is 0 Å². The van der Waals surface area contributed by atoms with Crippen molar-refractivity contribution in [1.29, 1.82) is 0 Å². The van der Waals surface area contributed by atoms with Crippen molar-refractivity contribution in [3.8, 4) is 0 Å². The molecule has 3 aliphatic rings. The van der Waals surface area contributed by atoms with E-state index in [2.05, 4.69) is 6.92 Å². The molecule has 2 N–H and O–H groups in total. The van der Waals surface area contributed by atoms with Crippen LogP contribution >= 0.6 is 0 Å². The molecule has 3 saturated carbocycles. The van der Waals surface area contributed by atoms with E-state index in [4.69, 9.17) is 5.73 Å². The minimum atomic E-state index is 0.852. The molecule has 0 aromatic rings. The maximum Gasteiger partial charge on any atom is -0.00462 e. The molecule has 3 aliphatic carbocycles. The molecule has 17 heavy (non-hydrogen) atoms. The normalized spacial score (nSPS) is 49.8. The van der Waals surface area contributed by atoms with Crippen molar-refractivity contribution in [2.45, 2.75) is 58.3 Å². The molecular formula is C16H29N. The summed E-state index contributed by atoms with van der Waals surface area (Å²) in [5, 5.41) is 0. The summed E-state index contributed by atoms with van der Waals surface area (Å²) in [6, 6.07) is 0. The van der Waals surface area contributed by atoms with Crippen molar-refractivity contribution in [3.63, 3.8) is 0 Å². The van der Waals surface area contributed by atoms with Crippen LogP contribution in [-0.4, -0.2) is 6.54 Å². The van der Waals surface area contributed by atoms with Crippen LogP contribution in [0.4, 0.5) is 0 Å². The van der Waals surface area contributed by atoms with Gasteiger partial charge in [-0.3, -0.25) is 0 Å². The maximum absolute atomic E-state index is 5.99. The summed E-state index contributed by atoms with van der Waals surface area (Å²) in [6.45, 7) is 3.39. The molecule has 1 nitrogen and oxygen atoms in total. The lowest BCUT2D eigenvalue weighted by molar-refractivity contribution is 0.143. The SMILES string of the molecule is CC1CCC(CN)C(CC2CC3CCC2C3)C1. The van der Waals surface area contributed by atoms with Gasteiger partial charge in [-0.25, -0.2) is 0 Å². The van der Waals surface area contributed by atoms with E-state index in [1.54, 1.807) is 25.7 Å². The van der Waals surface area contributed by atoms with E-state index in [1.807, 2.05) is 0 Å². The quantitative estimate of drug-likeness (QED) is 0.790. The molecule has 98 valence electrons. The minimum absolute atomic E-state index is 0.852. The molecule has 0 saturated heterocycles. The van der Waals surface area contributed by atoms with Gasteiger partial charge in [0.05, 0.1) is 0 Å². The number of fused-ring (bicyclic) bond motifs is 2. The zero-order chi connectivity index (χ0) is 11.8. The Balaban J connectivity index is 1.59. The Hall–Kier alpha value is -0.0400. The highest BCUT2D eigenvalue weighted by Gasteiger charge is 2.41. The van der Waals surface area contributed by atoms with Crippen LogP contribution in [0.25, 0.3) is 0 Å². The molecule has 0 amide bonds. The van der Waals surface area contributed by atoms with Gasteiger partial charge in [-0.1, -0.05) is 19.8 Å². The Morgan fingerprint density at radius 3 is 2.41 bits per heavy atom. The molecule has 0 aromatic heterocycles. The Morgan fingerprint density at radius 1 is 0.882 bits per heavy atom. The van der Waals surface area contributed by atoms with E-state index >= 15 is 0 Å². The standard InChI is InChI=1S/C16H29N/c1-11-2-4-14(10-17)15(6-11)9-16-8-12-3-5-13(16)7-12/h11-16H,2-10,17H2,1H3. The first-order valence-electron chi connectivity index (χ1n) is 7.96. The Labute approximate surface area is 107 Å². The predicted octanol–water partition coefficient (Wildman–Crippen LogP) is 3.82. The lowest BCUT2D eigenvalue weighted by Gasteiger charge is -2.37. The monoisotopic (exact) mass is 235 g/mol. The van der Waals surface area contributed by atoms with Gasteiger partial charge < -0.3 is 5.73 Å². The van der Waals surface area contributed by atoms with Crippen LogP contribution in [0, 0.1) is 35.5 Å². The molecule has 0 heterocycles. The molecule has 2 bridgehead atoms. The van der Waals surface area contributed by atoms with E-state index < -0.39 is 0 Å². The van der Waals surface area contributed by atoms with Crippen LogP contribution in [-0.2, 0) is 0 Å². The molecule has 3 rings (SSSR count). The Bertz CT molecular complexity index is 262. The second kappa shape index (κ2) is 4.91. The Kier molecular flexibility index (Phi) is 3.47. The first-order valence-corrected chi connectivity index (χ1v) is 7.96. The predicted molar refractivity (Wildman–Crippen MR) is 72.6 cm³/mol. The van der Waals surface area contributed by atoms with Gasteiger partial charge in [0.1, 0.15) is 0 Å². The summed E-state index contributed by atoms with van der Waals surface area (Å²) in [6.07, 6.45) is 12.0. The van der Waals surface area contributed by atoms with Gasteiger partial charge in [0, 0.05) is 0 Å². The topological polar surface area (TPSA) is 26.0 Å². The Morgan fingerprint density at radius 2 is 1.76 bits per heavy atom. The third-order valence-electron chi connectivity index (χ3n) is 6.19. The lowest BCUT2D eigenvalue weighted by atomic mass is 9.69. The van der Waals surface area contributed by atoms with Crippen molar-refractivity contribution in [3.05, 3.63) is 0 Å². The highest BCUT2D eigenvalue weighted by Crippen LogP contribution is 2.52. The molecule has 3 fully saturated rings. The first-order chi connectivity index (χ1) is 8.26. The summed E-state index contributed by atoms with van der Waals surface area (Å²) in [5.74, 6) is 6.08. The molecule has 0 aromatic carbocycles. The minimum Gasteiger partial charge on any atom is -0.330 e. The first kappa shape index (κ1) is 12.0. The van der Waals surface area contributed by atoms with Gasteiger partial charge >= 0.3 is 0 Å². The fourth-order valence-corrected chi connectivity index (χ4v) is 5.21. The largest absolute Gasteiger partial charge is 0.330 e. The van der Waals surface area contributed by atoms with E-state index in [1.165, 1.54) is 25.7 Å². The van der Waals surface area contributed by atoms with Gasteiger partial charge in [-0.15, -0.1) is 0 Å². The van der Waals surface area contributed by atoms with Crippen LogP contribution in [0.5, 0.6) is 0 Å². The fraction of sp³-hybridized carbons (Fsp3) is 1.00. The van der Waals surface area contributed by atoms with E-state index in [9.17, 15) is 0 Å². The van der Waals surface area contributed by atoms with Crippen molar-refractivity contribution < 1.29 is 0 Å². The lowest BCUT2D eigenvalue weighted by Crippen LogP contribution is -2.31. The van der Waals surface area contributed by atoms with E-state index in [0.29, 0.717) is 0 Å². The van der Waals surface area contributed by atoms with Crippen molar-refractivity contribution in [2.75, 3.05) is 6.54 Å². The second-order valence-corrected chi connectivity index (χ2v) is 7.34. The summed E-state index contributed by atoms with van der Waals surface area (Å²) in [4.78, 5) is 0. The zero-order valence-corrected chi connectivity index (χ0v) is 11.4. The van der Waals surface area contributed by atoms with E-state index in [0.717, 1.165) is 42.1 Å². The van der Waals surface area contributed by atoms with Gasteiger partial charge in [0.25, 0.3) is 0 Å². The van der Waals surface area contributed by atoms with Gasteiger partial charge in [-0.05, 0) is 80.6 Å². The van der Waals surface area contributed by atoms with Crippen LogP contribution < -0.4 is 5.73 Å². The number of nitrogens with two attached hydrogens (primary N) is 1. The fourth-order valence-electron chi connectivity index (χ4n) is 5.21. The van der Waals surface area contributed by atoms with Crippen molar-refractivity contribution in [1.82, 2.24) is 0 Å². The zero-order valence-electron chi connectivity index (χ0n) is 11.4. The van der Waals surface area contributed by atoms with Crippen LogP contribution in [0.3, 0.4) is 0 Å². The maximum atomic E-state index is 5.99. The average Bonchev–Trinajstić information content (AvgIpc) is 2.91. The van der Waals surface area contributed by atoms with Gasteiger partial charge in [0.15, 0.2) is 0 Å². The average molecular weight is 235 g/mol. The van der Waals surface area contributed by atoms with Gasteiger partial charge in [0.2, 0.25) is 0 Å². The highest BCUT2D eigenvalue weighted by molar-refractivity contribution is 4.92. The molecule has 1 heteroatoms. The van der Waals surface area contributed by atoms with Crippen LogP contribution in [0.2, 0.25) is 0 Å². The van der Waals surface area contributed by atoms with Crippen LogP contribution in [0.15, 0.2) is 0 Å². The molecule has 0 spiro atoms. The molecular weight excluding hydrogens is 206 g/mol. The molecule has 6 unspecified atom stereocenters. The summed E-state index contributed by atoms with van der Waals surface area (Å²) in [5.41, 5.74) is 5.99. The number of hydrogen-bond donors (Lipinski definition) is 1. The summed E-state index contributed by atoms with van der Waals surface area (Å²) >= 11 is 0. The smallest absolute Gasteiger partial charge is 0.00462 e. The number of rotatable bonds is 3. The highest BCUT2D eigenvalue weighted by atomic mass is 14.6. The number of hydrogen-bond acceptors (Lipinski definition) is 1. The van der Waals surface area contributed by atoms with Crippen molar-refractivity contribution in [2.24, 2.45) is 41.2 Å². The molecule has 0 radical (unpaired) electrons. The summed E-state index contributed by atoms with van der Waals surface area (Å²) in [7, 11) is 0. The summed E-state index contributed by atoms with van der Waals surface area (Å²) < 4.78 is 0. The third kappa shape index (κ3) is 2.41. The van der Waals surface area contributed by atoms with Crippen molar-refractivity contribution >= 4 is 0 Å². The van der Waals surface area contributed by atoms with E-state index in [-0.39, 0.29) is 0 Å².